The van der Waals surface area contributed by atoms with Crippen molar-refractivity contribution < 1.29 is 14.3 Å². The summed E-state index contributed by atoms with van der Waals surface area (Å²) in [5, 5.41) is 0. The zero-order valence-corrected chi connectivity index (χ0v) is 14.3. The van der Waals surface area contributed by atoms with E-state index < -0.39 is 5.54 Å². The van der Waals surface area contributed by atoms with E-state index in [4.69, 9.17) is 4.74 Å². The molecule has 6 heteroatoms. The van der Waals surface area contributed by atoms with Crippen molar-refractivity contribution in [2.75, 3.05) is 38.8 Å². The van der Waals surface area contributed by atoms with Gasteiger partial charge in [0.05, 0.1) is 11.3 Å². The van der Waals surface area contributed by atoms with E-state index in [1.807, 2.05) is 53.4 Å². The molecule has 0 spiro atoms. The fraction of sp³-hybridized carbons (Fsp3) is 0.529. The summed E-state index contributed by atoms with van der Waals surface area (Å²) in [6.45, 7) is 1.26. The minimum atomic E-state index is -0.479. The molecule has 2 saturated heterocycles. The fourth-order valence-electron chi connectivity index (χ4n) is 3.67. The van der Waals surface area contributed by atoms with Crippen molar-refractivity contribution in [3.63, 3.8) is 0 Å². The molecule has 0 unspecified atom stereocenters. The van der Waals surface area contributed by atoms with Gasteiger partial charge in [-0.3, -0.25) is 9.59 Å². The maximum Gasteiger partial charge on any atom is 0.249 e. The van der Waals surface area contributed by atoms with Gasteiger partial charge < -0.3 is 14.5 Å². The van der Waals surface area contributed by atoms with Crippen molar-refractivity contribution in [2.24, 2.45) is 0 Å². The SMILES string of the molecule is CSCC(=O)N1CC[C@]2(c3ccccc3)[C@@H](C1)OCC(=O)N2C. The van der Waals surface area contributed by atoms with Gasteiger partial charge in [-0.2, -0.15) is 11.8 Å². The van der Waals surface area contributed by atoms with Crippen LogP contribution in [0.4, 0.5) is 0 Å². The molecule has 0 N–H and O–H groups in total. The third-order valence-corrected chi connectivity index (χ3v) is 5.49. The van der Waals surface area contributed by atoms with Crippen LogP contribution in [0.25, 0.3) is 0 Å². The number of fused-ring (bicyclic) bond motifs is 1. The number of rotatable bonds is 3. The van der Waals surface area contributed by atoms with E-state index in [1.165, 1.54) is 11.8 Å². The topological polar surface area (TPSA) is 49.9 Å². The Hall–Kier alpha value is -1.53. The molecule has 0 radical (unpaired) electrons. The number of carbonyl (C=O) groups excluding carboxylic acids is 2. The second kappa shape index (κ2) is 6.53. The maximum atomic E-state index is 12.3. The first-order chi connectivity index (χ1) is 11.1. The molecule has 0 aromatic heterocycles. The largest absolute Gasteiger partial charge is 0.364 e. The zero-order chi connectivity index (χ0) is 16.4. The molecule has 3 rings (SSSR count). The van der Waals surface area contributed by atoms with Crippen LogP contribution in [-0.2, 0) is 19.9 Å². The van der Waals surface area contributed by atoms with Gasteiger partial charge in [0.1, 0.15) is 12.7 Å². The minimum Gasteiger partial charge on any atom is -0.364 e. The standard InChI is InChI=1S/C17H22N2O3S/c1-18-15(20)11-22-14-10-19(16(21)12-23-2)9-8-17(14,18)13-6-4-3-5-7-13/h3-7,14H,8-12H2,1-2H3/t14-,17+/m1/s1. The van der Waals surface area contributed by atoms with Crippen LogP contribution in [0.1, 0.15) is 12.0 Å². The molecule has 2 fully saturated rings. The summed E-state index contributed by atoms with van der Waals surface area (Å²) in [7, 11) is 1.85. The first-order valence-electron chi connectivity index (χ1n) is 7.80. The van der Waals surface area contributed by atoms with Gasteiger partial charge in [0.2, 0.25) is 11.8 Å². The molecule has 1 aromatic carbocycles. The Kier molecular flexibility index (Phi) is 4.64. The van der Waals surface area contributed by atoms with E-state index in [2.05, 4.69) is 0 Å². The molecule has 23 heavy (non-hydrogen) atoms. The van der Waals surface area contributed by atoms with E-state index in [-0.39, 0.29) is 24.5 Å². The van der Waals surface area contributed by atoms with E-state index in [9.17, 15) is 9.59 Å². The first kappa shape index (κ1) is 16.3. The Bertz CT molecular complexity index is 595. The van der Waals surface area contributed by atoms with E-state index in [0.29, 0.717) is 25.3 Å². The van der Waals surface area contributed by atoms with Crippen LogP contribution < -0.4 is 0 Å². The zero-order valence-electron chi connectivity index (χ0n) is 13.5. The molecule has 0 aliphatic carbocycles. The fourth-order valence-corrected chi connectivity index (χ4v) is 4.10. The van der Waals surface area contributed by atoms with E-state index in [0.717, 1.165) is 5.56 Å². The van der Waals surface area contributed by atoms with Crippen molar-refractivity contribution in [1.29, 1.82) is 0 Å². The van der Waals surface area contributed by atoms with Crippen molar-refractivity contribution in [1.82, 2.24) is 9.80 Å². The molecule has 2 aliphatic heterocycles. The van der Waals surface area contributed by atoms with Crippen LogP contribution in [-0.4, -0.2) is 66.5 Å². The highest BCUT2D eigenvalue weighted by Gasteiger charge is 2.53. The average Bonchev–Trinajstić information content (AvgIpc) is 2.59. The van der Waals surface area contributed by atoms with E-state index >= 15 is 0 Å². The van der Waals surface area contributed by atoms with Gasteiger partial charge in [-0.05, 0) is 18.2 Å². The molecule has 2 amide bonds. The third kappa shape index (κ3) is 2.74. The van der Waals surface area contributed by atoms with Gasteiger partial charge in [0.15, 0.2) is 0 Å². The highest BCUT2D eigenvalue weighted by molar-refractivity contribution is 7.99. The Morgan fingerprint density at radius 3 is 2.83 bits per heavy atom. The quantitative estimate of drug-likeness (QED) is 0.837. The van der Waals surface area contributed by atoms with Crippen LogP contribution in [0.5, 0.6) is 0 Å². The molecular formula is C17H22N2O3S. The smallest absolute Gasteiger partial charge is 0.249 e. The Balaban J connectivity index is 1.93. The lowest BCUT2D eigenvalue weighted by Gasteiger charge is -2.54. The molecule has 2 aliphatic rings. The number of hydrogen-bond acceptors (Lipinski definition) is 4. The van der Waals surface area contributed by atoms with Crippen molar-refractivity contribution in [2.45, 2.75) is 18.1 Å². The van der Waals surface area contributed by atoms with Gasteiger partial charge in [-0.15, -0.1) is 0 Å². The predicted molar refractivity (Wildman–Crippen MR) is 90.2 cm³/mol. The Morgan fingerprint density at radius 1 is 1.39 bits per heavy atom. The second-order valence-corrected chi connectivity index (χ2v) is 6.93. The first-order valence-corrected chi connectivity index (χ1v) is 9.19. The van der Waals surface area contributed by atoms with Crippen molar-refractivity contribution >= 4 is 23.6 Å². The molecule has 5 nitrogen and oxygen atoms in total. The number of likely N-dealkylation sites (N-methyl/N-ethyl adjacent to an activating group) is 1. The summed E-state index contributed by atoms with van der Waals surface area (Å²) < 4.78 is 5.89. The monoisotopic (exact) mass is 334 g/mol. The molecule has 1 aromatic rings. The van der Waals surface area contributed by atoms with Gasteiger partial charge in [-0.1, -0.05) is 30.3 Å². The average molecular weight is 334 g/mol. The van der Waals surface area contributed by atoms with E-state index in [1.54, 1.807) is 0 Å². The van der Waals surface area contributed by atoms with Gasteiger partial charge in [-0.25, -0.2) is 0 Å². The predicted octanol–water partition coefficient (Wildman–Crippen LogP) is 1.33. The number of piperidine rings is 1. The summed E-state index contributed by atoms with van der Waals surface area (Å²) in [6, 6.07) is 10.0. The van der Waals surface area contributed by atoms with Gasteiger partial charge >= 0.3 is 0 Å². The number of benzene rings is 1. The summed E-state index contributed by atoms with van der Waals surface area (Å²) in [5.74, 6) is 0.621. The number of thioether (sulfide) groups is 1. The maximum absolute atomic E-state index is 12.3. The summed E-state index contributed by atoms with van der Waals surface area (Å²) >= 11 is 1.53. The highest BCUT2D eigenvalue weighted by atomic mass is 32.2. The normalized spacial score (nSPS) is 27.7. The highest BCUT2D eigenvalue weighted by Crippen LogP contribution is 2.42. The summed E-state index contributed by atoms with van der Waals surface area (Å²) in [5.41, 5.74) is 0.602. The Morgan fingerprint density at radius 2 is 2.13 bits per heavy atom. The molecule has 0 saturated carbocycles. The number of nitrogens with zero attached hydrogens (tertiary/aromatic N) is 2. The van der Waals surface area contributed by atoms with Crippen LogP contribution in [0.3, 0.4) is 0 Å². The molecule has 2 atom stereocenters. The molecule has 124 valence electrons. The Labute approximate surface area is 141 Å². The van der Waals surface area contributed by atoms with Crippen LogP contribution in [0.2, 0.25) is 0 Å². The number of morpholine rings is 1. The second-order valence-electron chi connectivity index (χ2n) is 6.07. The number of amides is 2. The lowest BCUT2D eigenvalue weighted by atomic mass is 9.76. The molecular weight excluding hydrogens is 312 g/mol. The van der Waals surface area contributed by atoms with Crippen molar-refractivity contribution in [3.05, 3.63) is 35.9 Å². The summed E-state index contributed by atoms with van der Waals surface area (Å²) in [4.78, 5) is 28.2. The minimum absolute atomic E-state index is 0.00556. The van der Waals surface area contributed by atoms with Gasteiger partial charge in [0.25, 0.3) is 0 Å². The molecule has 2 heterocycles. The lowest BCUT2D eigenvalue weighted by molar-refractivity contribution is -0.184. The van der Waals surface area contributed by atoms with Crippen LogP contribution in [0.15, 0.2) is 30.3 Å². The van der Waals surface area contributed by atoms with Crippen molar-refractivity contribution in [3.8, 4) is 0 Å². The summed E-state index contributed by atoms with van der Waals surface area (Å²) in [6.07, 6.45) is 2.44. The van der Waals surface area contributed by atoms with Crippen LogP contribution >= 0.6 is 11.8 Å². The number of carbonyl (C=O) groups is 2. The number of hydrogen-bond donors (Lipinski definition) is 0. The number of likely N-dealkylation sites (tertiary alicyclic amines) is 1. The van der Waals surface area contributed by atoms with Crippen LogP contribution in [0, 0.1) is 0 Å². The number of ether oxygens (including phenoxy) is 1. The van der Waals surface area contributed by atoms with Gasteiger partial charge in [0, 0.05) is 20.1 Å². The third-order valence-electron chi connectivity index (χ3n) is 4.96. The molecule has 0 bridgehead atoms. The lowest BCUT2D eigenvalue weighted by Crippen LogP contribution is -2.67.